The molecule has 3 aromatic carbocycles. The van der Waals surface area contributed by atoms with Crippen LogP contribution in [0.25, 0.3) is 28.1 Å². The Hall–Kier alpha value is -3.08. The molecule has 4 aromatic rings. The van der Waals surface area contributed by atoms with Crippen LogP contribution in [0.1, 0.15) is 5.69 Å². The fourth-order valence-corrected chi connectivity index (χ4v) is 4.40. The fraction of sp³-hybridized carbons (Fsp3) is 0.0870. The van der Waals surface area contributed by atoms with Gasteiger partial charge < -0.3 is 0 Å². The van der Waals surface area contributed by atoms with Crippen molar-refractivity contribution in [3.8, 4) is 28.1 Å². The number of sulfonamides is 1. The van der Waals surface area contributed by atoms with E-state index in [2.05, 4.69) is 5.10 Å². The monoisotopic (exact) mass is 489 g/mol. The predicted molar refractivity (Wildman–Crippen MR) is 123 cm³/mol. The van der Waals surface area contributed by atoms with E-state index < -0.39 is 21.9 Å². The maximum atomic E-state index is 14.1. The van der Waals surface area contributed by atoms with Gasteiger partial charge in [-0.05, 0) is 48.2 Å². The molecule has 0 saturated heterocycles. The summed E-state index contributed by atoms with van der Waals surface area (Å²) in [5, 5.41) is 9.15. The summed E-state index contributed by atoms with van der Waals surface area (Å²) in [6.07, 6.45) is -2.82. The van der Waals surface area contributed by atoms with Gasteiger partial charge in [-0.15, -0.1) is 11.8 Å². The average molecular weight is 490 g/mol. The number of aromatic nitrogens is 2. The van der Waals surface area contributed by atoms with Crippen LogP contribution in [0.4, 0.5) is 13.2 Å². The molecule has 1 aromatic heterocycles. The standard InChI is InChI=1S/C23H18F3N3O2S2/c1-32-18-11-9-17(10-12-18)29-21(16-7-13-19(14-8-16)33(27,30)31)20(15-5-3-2-4-6-15)22(28-29)23(24,25)26/h2-14H,1H3,(H2,27,30,31). The smallest absolute Gasteiger partial charge is 0.232 e. The van der Waals surface area contributed by atoms with E-state index in [1.54, 1.807) is 54.6 Å². The van der Waals surface area contributed by atoms with Crippen LogP contribution in [0, 0.1) is 0 Å². The van der Waals surface area contributed by atoms with Crippen LogP contribution in [0.15, 0.2) is 88.7 Å². The number of primary sulfonamides is 1. The molecule has 0 radical (unpaired) electrons. The lowest BCUT2D eigenvalue weighted by molar-refractivity contribution is -0.140. The third kappa shape index (κ3) is 4.68. The summed E-state index contributed by atoms with van der Waals surface area (Å²) in [5.74, 6) is 0. The zero-order valence-electron chi connectivity index (χ0n) is 17.2. The Kier molecular flexibility index (Phi) is 6.08. The normalized spacial score (nSPS) is 12.2. The molecular formula is C23H18F3N3O2S2. The Morgan fingerprint density at radius 2 is 1.48 bits per heavy atom. The summed E-state index contributed by atoms with van der Waals surface area (Å²) in [5.41, 5.74) is 0.187. The molecule has 0 amide bonds. The Bertz CT molecular complexity index is 1380. The maximum Gasteiger partial charge on any atom is 0.435 e. The van der Waals surface area contributed by atoms with Crippen LogP contribution in [-0.2, 0) is 16.2 Å². The van der Waals surface area contributed by atoms with Gasteiger partial charge in [-0.3, -0.25) is 0 Å². The zero-order valence-corrected chi connectivity index (χ0v) is 18.9. The molecule has 0 atom stereocenters. The zero-order chi connectivity index (χ0) is 23.8. The fourth-order valence-electron chi connectivity index (χ4n) is 3.47. The first-order chi connectivity index (χ1) is 15.6. The summed E-state index contributed by atoms with van der Waals surface area (Å²) in [4.78, 5) is 0.809. The molecule has 2 N–H and O–H groups in total. The predicted octanol–water partition coefficient (Wildman–Crippen LogP) is 5.59. The van der Waals surface area contributed by atoms with Crippen molar-refractivity contribution in [3.05, 3.63) is 84.6 Å². The van der Waals surface area contributed by atoms with Gasteiger partial charge in [0.15, 0.2) is 5.69 Å². The molecule has 0 saturated carbocycles. The number of thioether (sulfide) groups is 1. The van der Waals surface area contributed by atoms with Crippen LogP contribution in [0.2, 0.25) is 0 Å². The first kappa shape index (κ1) is 23.1. The van der Waals surface area contributed by atoms with Crippen molar-refractivity contribution in [1.29, 1.82) is 0 Å². The molecule has 10 heteroatoms. The van der Waals surface area contributed by atoms with Crippen molar-refractivity contribution in [1.82, 2.24) is 9.78 Å². The first-order valence-electron chi connectivity index (χ1n) is 9.63. The van der Waals surface area contributed by atoms with Crippen molar-refractivity contribution in [2.45, 2.75) is 16.0 Å². The van der Waals surface area contributed by atoms with E-state index in [9.17, 15) is 21.6 Å². The van der Waals surface area contributed by atoms with Gasteiger partial charge in [0.25, 0.3) is 0 Å². The van der Waals surface area contributed by atoms with Gasteiger partial charge in [-0.1, -0.05) is 42.5 Å². The summed E-state index contributed by atoms with van der Waals surface area (Å²) in [6, 6.07) is 20.5. The number of nitrogens with two attached hydrogens (primary N) is 1. The van der Waals surface area contributed by atoms with Crippen molar-refractivity contribution < 1.29 is 21.6 Å². The molecule has 0 aliphatic heterocycles. The highest BCUT2D eigenvalue weighted by atomic mass is 32.2. The van der Waals surface area contributed by atoms with E-state index in [-0.39, 0.29) is 16.2 Å². The van der Waals surface area contributed by atoms with Crippen molar-refractivity contribution in [2.75, 3.05) is 6.26 Å². The van der Waals surface area contributed by atoms with E-state index in [0.29, 0.717) is 16.8 Å². The van der Waals surface area contributed by atoms with Crippen molar-refractivity contribution >= 4 is 21.8 Å². The number of hydrogen-bond donors (Lipinski definition) is 1. The molecule has 33 heavy (non-hydrogen) atoms. The van der Waals surface area contributed by atoms with Crippen molar-refractivity contribution in [2.24, 2.45) is 5.14 Å². The number of rotatable bonds is 5. The highest BCUT2D eigenvalue weighted by Gasteiger charge is 2.40. The lowest BCUT2D eigenvalue weighted by atomic mass is 9.98. The highest BCUT2D eigenvalue weighted by molar-refractivity contribution is 7.98. The molecule has 0 bridgehead atoms. The lowest BCUT2D eigenvalue weighted by Gasteiger charge is -2.12. The number of nitrogens with zero attached hydrogens (tertiary/aromatic N) is 2. The minimum absolute atomic E-state index is 0.0969. The first-order valence-corrected chi connectivity index (χ1v) is 12.4. The average Bonchev–Trinajstić information content (AvgIpc) is 3.20. The van der Waals surface area contributed by atoms with E-state index in [1.165, 1.54) is 40.7 Å². The van der Waals surface area contributed by atoms with E-state index in [4.69, 9.17) is 5.14 Å². The molecule has 5 nitrogen and oxygen atoms in total. The molecular weight excluding hydrogens is 471 g/mol. The third-order valence-corrected chi connectivity index (χ3v) is 6.66. The van der Waals surface area contributed by atoms with E-state index in [1.807, 2.05) is 6.26 Å². The number of alkyl halides is 3. The quantitative estimate of drug-likeness (QED) is 0.371. The Labute approximate surface area is 193 Å². The summed E-state index contributed by atoms with van der Waals surface area (Å²) >= 11 is 1.51. The van der Waals surface area contributed by atoms with Gasteiger partial charge in [0.05, 0.1) is 16.3 Å². The van der Waals surface area contributed by atoms with Crippen LogP contribution >= 0.6 is 11.8 Å². The van der Waals surface area contributed by atoms with Crippen LogP contribution in [0.3, 0.4) is 0 Å². The van der Waals surface area contributed by atoms with Crippen LogP contribution in [-0.4, -0.2) is 24.5 Å². The second kappa shape index (κ2) is 8.69. The second-order valence-corrected chi connectivity index (χ2v) is 9.56. The SMILES string of the molecule is CSc1ccc(-n2nc(C(F)(F)F)c(-c3ccccc3)c2-c2ccc(S(N)(=O)=O)cc2)cc1. The van der Waals surface area contributed by atoms with Crippen LogP contribution in [0.5, 0.6) is 0 Å². The van der Waals surface area contributed by atoms with Gasteiger partial charge >= 0.3 is 6.18 Å². The minimum Gasteiger partial charge on any atom is -0.232 e. The summed E-state index contributed by atoms with van der Waals surface area (Å²) in [6.45, 7) is 0. The molecule has 0 fully saturated rings. The Balaban J connectivity index is 2.05. The second-order valence-electron chi connectivity index (χ2n) is 7.12. The highest BCUT2D eigenvalue weighted by Crippen LogP contribution is 2.43. The number of hydrogen-bond acceptors (Lipinski definition) is 4. The van der Waals surface area contributed by atoms with Gasteiger partial charge in [0.2, 0.25) is 10.0 Å². The Morgan fingerprint density at radius 3 is 2.00 bits per heavy atom. The molecule has 0 aliphatic rings. The molecule has 170 valence electrons. The molecule has 4 rings (SSSR count). The van der Waals surface area contributed by atoms with Crippen LogP contribution < -0.4 is 5.14 Å². The topological polar surface area (TPSA) is 78.0 Å². The van der Waals surface area contributed by atoms with Crippen molar-refractivity contribution in [3.63, 3.8) is 0 Å². The van der Waals surface area contributed by atoms with Gasteiger partial charge in [-0.2, -0.15) is 18.3 Å². The van der Waals surface area contributed by atoms with E-state index in [0.717, 1.165) is 4.90 Å². The largest absolute Gasteiger partial charge is 0.435 e. The van der Waals surface area contributed by atoms with Gasteiger partial charge in [-0.25, -0.2) is 18.2 Å². The Morgan fingerprint density at radius 1 is 0.879 bits per heavy atom. The minimum atomic E-state index is -4.72. The molecule has 0 unspecified atom stereocenters. The molecule has 0 aliphatic carbocycles. The summed E-state index contributed by atoms with van der Waals surface area (Å²) in [7, 11) is -3.96. The van der Waals surface area contributed by atoms with Gasteiger partial charge in [0.1, 0.15) is 0 Å². The number of benzene rings is 3. The third-order valence-electron chi connectivity index (χ3n) is 4.99. The number of halogens is 3. The van der Waals surface area contributed by atoms with Gasteiger partial charge in [0, 0.05) is 16.0 Å². The lowest BCUT2D eigenvalue weighted by Crippen LogP contribution is -2.11. The molecule has 1 heterocycles. The maximum absolute atomic E-state index is 14.1. The summed E-state index contributed by atoms with van der Waals surface area (Å²) < 4.78 is 66.9. The molecule has 0 spiro atoms. The van der Waals surface area contributed by atoms with E-state index >= 15 is 0 Å².